The molecule has 0 saturated heterocycles. The lowest BCUT2D eigenvalue weighted by Crippen LogP contribution is -2.28. The maximum absolute atomic E-state index is 12.1. The standard InChI is InChI=1S/C15H20ClNO2/c1-15(2)7-5-11(6-8-15)19-14(18)12-9-10(17)3-4-13(12)16/h3-4,9,11H,5-8,17H2,1-2H3. The molecule has 1 aromatic carbocycles. The van der Waals surface area contributed by atoms with E-state index in [2.05, 4.69) is 13.8 Å². The number of benzene rings is 1. The topological polar surface area (TPSA) is 52.3 Å². The van der Waals surface area contributed by atoms with Gasteiger partial charge in [0.25, 0.3) is 0 Å². The number of carbonyl (C=O) groups is 1. The fourth-order valence-corrected chi connectivity index (χ4v) is 2.60. The second-order valence-corrected chi connectivity index (χ2v) is 6.42. The molecule has 3 nitrogen and oxygen atoms in total. The molecule has 2 N–H and O–H groups in total. The summed E-state index contributed by atoms with van der Waals surface area (Å²) in [6, 6.07) is 4.86. The number of carbonyl (C=O) groups excluding carboxylic acids is 1. The number of rotatable bonds is 2. The van der Waals surface area contributed by atoms with Gasteiger partial charge in [-0.3, -0.25) is 0 Å². The smallest absolute Gasteiger partial charge is 0.340 e. The third-order valence-corrected chi connectivity index (χ3v) is 4.10. The second kappa shape index (κ2) is 5.41. The van der Waals surface area contributed by atoms with Crippen molar-refractivity contribution in [1.82, 2.24) is 0 Å². The molecule has 0 aliphatic heterocycles. The van der Waals surface area contributed by atoms with Gasteiger partial charge < -0.3 is 10.5 Å². The summed E-state index contributed by atoms with van der Waals surface area (Å²) in [5.41, 5.74) is 6.89. The maximum atomic E-state index is 12.1. The van der Waals surface area contributed by atoms with Crippen molar-refractivity contribution in [1.29, 1.82) is 0 Å². The number of ether oxygens (including phenoxy) is 1. The molecule has 0 heterocycles. The minimum Gasteiger partial charge on any atom is -0.459 e. The van der Waals surface area contributed by atoms with E-state index in [4.69, 9.17) is 22.1 Å². The molecule has 1 aromatic rings. The van der Waals surface area contributed by atoms with E-state index in [0.29, 0.717) is 21.7 Å². The highest BCUT2D eigenvalue weighted by Gasteiger charge is 2.29. The molecule has 1 saturated carbocycles. The summed E-state index contributed by atoms with van der Waals surface area (Å²) in [5.74, 6) is -0.373. The van der Waals surface area contributed by atoms with Crippen LogP contribution in [0.25, 0.3) is 0 Å². The van der Waals surface area contributed by atoms with Crippen LogP contribution < -0.4 is 5.73 Å². The molecule has 0 aromatic heterocycles. The van der Waals surface area contributed by atoms with E-state index in [1.165, 1.54) is 0 Å². The van der Waals surface area contributed by atoms with Crippen molar-refractivity contribution >= 4 is 23.3 Å². The molecule has 0 atom stereocenters. The molecule has 0 spiro atoms. The minimum absolute atomic E-state index is 0.00183. The molecule has 104 valence electrons. The van der Waals surface area contributed by atoms with Crippen LogP contribution in [0.5, 0.6) is 0 Å². The number of esters is 1. The summed E-state index contributed by atoms with van der Waals surface area (Å²) in [4.78, 5) is 12.1. The molecule has 19 heavy (non-hydrogen) atoms. The van der Waals surface area contributed by atoms with Gasteiger partial charge in [0.2, 0.25) is 0 Å². The van der Waals surface area contributed by atoms with Crippen LogP contribution in [0.3, 0.4) is 0 Å². The summed E-state index contributed by atoms with van der Waals surface area (Å²) >= 11 is 6.00. The van der Waals surface area contributed by atoms with E-state index < -0.39 is 0 Å². The van der Waals surface area contributed by atoms with E-state index >= 15 is 0 Å². The first kappa shape index (κ1) is 14.2. The number of nitrogens with two attached hydrogens (primary N) is 1. The summed E-state index contributed by atoms with van der Waals surface area (Å²) in [7, 11) is 0. The van der Waals surface area contributed by atoms with E-state index in [1.807, 2.05) is 0 Å². The van der Waals surface area contributed by atoms with Gasteiger partial charge in [-0.2, -0.15) is 0 Å². The Morgan fingerprint density at radius 3 is 2.63 bits per heavy atom. The fourth-order valence-electron chi connectivity index (χ4n) is 2.40. The van der Waals surface area contributed by atoms with Crippen LogP contribution in [-0.4, -0.2) is 12.1 Å². The predicted molar refractivity (Wildman–Crippen MR) is 77.3 cm³/mol. The second-order valence-electron chi connectivity index (χ2n) is 6.01. The molecule has 2 rings (SSSR count). The predicted octanol–water partition coefficient (Wildman–Crippen LogP) is 4.05. The van der Waals surface area contributed by atoms with Gasteiger partial charge in [-0.25, -0.2) is 4.79 Å². The molecule has 0 radical (unpaired) electrons. The molecule has 1 aliphatic carbocycles. The Hall–Kier alpha value is -1.22. The Bertz CT molecular complexity index is 475. The lowest BCUT2D eigenvalue weighted by molar-refractivity contribution is 0.00954. The highest BCUT2D eigenvalue weighted by atomic mass is 35.5. The molecule has 1 aliphatic rings. The largest absolute Gasteiger partial charge is 0.459 e. The van der Waals surface area contributed by atoms with E-state index in [0.717, 1.165) is 25.7 Å². The zero-order valence-corrected chi connectivity index (χ0v) is 12.2. The average Bonchev–Trinajstić information content (AvgIpc) is 2.35. The van der Waals surface area contributed by atoms with Crippen LogP contribution >= 0.6 is 11.6 Å². The zero-order chi connectivity index (χ0) is 14.0. The zero-order valence-electron chi connectivity index (χ0n) is 11.4. The highest BCUT2D eigenvalue weighted by molar-refractivity contribution is 6.33. The Morgan fingerprint density at radius 2 is 2.00 bits per heavy atom. The fraction of sp³-hybridized carbons (Fsp3) is 0.533. The molecule has 0 bridgehead atoms. The first-order valence-electron chi connectivity index (χ1n) is 6.63. The monoisotopic (exact) mass is 281 g/mol. The highest BCUT2D eigenvalue weighted by Crippen LogP contribution is 2.36. The summed E-state index contributed by atoms with van der Waals surface area (Å²) in [5, 5.41) is 0.385. The Labute approximate surface area is 119 Å². The normalized spacial score (nSPS) is 19.1. The lowest BCUT2D eigenvalue weighted by atomic mass is 9.76. The minimum atomic E-state index is -0.373. The van der Waals surface area contributed by atoms with Gasteiger partial charge >= 0.3 is 5.97 Å². The summed E-state index contributed by atoms with van der Waals surface area (Å²) in [6.07, 6.45) is 3.99. The van der Waals surface area contributed by atoms with Crippen LogP contribution in [0.15, 0.2) is 18.2 Å². The van der Waals surface area contributed by atoms with Gasteiger partial charge in [0.15, 0.2) is 0 Å². The first-order chi connectivity index (χ1) is 8.87. The molecule has 0 amide bonds. The van der Waals surface area contributed by atoms with E-state index in [1.54, 1.807) is 18.2 Å². The number of hydrogen-bond donors (Lipinski definition) is 1. The Kier molecular flexibility index (Phi) is 4.04. The van der Waals surface area contributed by atoms with Crippen LogP contribution in [0, 0.1) is 5.41 Å². The van der Waals surface area contributed by atoms with Crippen LogP contribution in [0.1, 0.15) is 49.9 Å². The van der Waals surface area contributed by atoms with Crippen molar-refractivity contribution < 1.29 is 9.53 Å². The average molecular weight is 282 g/mol. The molecule has 0 unspecified atom stereocenters. The first-order valence-corrected chi connectivity index (χ1v) is 7.01. The lowest BCUT2D eigenvalue weighted by Gasteiger charge is -2.33. The van der Waals surface area contributed by atoms with Crippen molar-refractivity contribution in [2.75, 3.05) is 5.73 Å². The van der Waals surface area contributed by atoms with Crippen molar-refractivity contribution in [3.8, 4) is 0 Å². The number of hydrogen-bond acceptors (Lipinski definition) is 3. The van der Waals surface area contributed by atoms with Gasteiger partial charge in [-0.15, -0.1) is 0 Å². The van der Waals surface area contributed by atoms with Crippen molar-refractivity contribution in [3.63, 3.8) is 0 Å². The van der Waals surface area contributed by atoms with Gasteiger partial charge in [0.05, 0.1) is 10.6 Å². The number of halogens is 1. The third-order valence-electron chi connectivity index (χ3n) is 3.77. The van der Waals surface area contributed by atoms with Gasteiger partial charge in [-0.1, -0.05) is 25.4 Å². The summed E-state index contributed by atoms with van der Waals surface area (Å²) in [6.45, 7) is 4.50. The van der Waals surface area contributed by atoms with Crippen LogP contribution in [-0.2, 0) is 4.74 Å². The summed E-state index contributed by atoms with van der Waals surface area (Å²) < 4.78 is 5.53. The van der Waals surface area contributed by atoms with E-state index in [9.17, 15) is 4.79 Å². The Morgan fingerprint density at radius 1 is 1.37 bits per heavy atom. The SMILES string of the molecule is CC1(C)CCC(OC(=O)c2cc(N)ccc2Cl)CC1. The van der Waals surface area contributed by atoms with Crippen LogP contribution in [0.4, 0.5) is 5.69 Å². The molecular formula is C15H20ClNO2. The molecule has 4 heteroatoms. The van der Waals surface area contributed by atoms with Crippen molar-refractivity contribution in [2.45, 2.75) is 45.6 Å². The van der Waals surface area contributed by atoms with Crippen LogP contribution in [0.2, 0.25) is 5.02 Å². The van der Waals surface area contributed by atoms with Crippen molar-refractivity contribution in [3.05, 3.63) is 28.8 Å². The van der Waals surface area contributed by atoms with E-state index in [-0.39, 0.29) is 12.1 Å². The quantitative estimate of drug-likeness (QED) is 0.657. The number of nitrogen functional groups attached to an aromatic ring is 1. The van der Waals surface area contributed by atoms with Gasteiger partial charge in [-0.05, 0) is 49.3 Å². The third kappa shape index (κ3) is 3.63. The van der Waals surface area contributed by atoms with Gasteiger partial charge in [0.1, 0.15) is 6.10 Å². The van der Waals surface area contributed by atoms with Crippen molar-refractivity contribution in [2.24, 2.45) is 5.41 Å². The molecular weight excluding hydrogens is 262 g/mol. The maximum Gasteiger partial charge on any atom is 0.340 e. The Balaban J connectivity index is 2.00. The van der Waals surface area contributed by atoms with Gasteiger partial charge in [0, 0.05) is 5.69 Å². The molecule has 1 fully saturated rings. The number of anilines is 1.